The van der Waals surface area contributed by atoms with Gasteiger partial charge in [0.05, 0.1) is 0 Å². The van der Waals surface area contributed by atoms with Crippen LogP contribution in [0.5, 0.6) is 0 Å². The summed E-state index contributed by atoms with van der Waals surface area (Å²) in [4.78, 5) is 0. The van der Waals surface area contributed by atoms with Crippen molar-refractivity contribution < 1.29 is 8.78 Å². The van der Waals surface area contributed by atoms with Crippen molar-refractivity contribution in [2.75, 3.05) is 6.54 Å². The van der Waals surface area contributed by atoms with Crippen molar-refractivity contribution >= 4 is 11.6 Å². The van der Waals surface area contributed by atoms with Gasteiger partial charge in [0.25, 0.3) is 0 Å². The number of fused-ring (bicyclic) bond motifs is 1. The number of halogens is 3. The summed E-state index contributed by atoms with van der Waals surface area (Å²) >= 11 is 6.11. The highest BCUT2D eigenvalue weighted by molar-refractivity contribution is 6.31. The summed E-state index contributed by atoms with van der Waals surface area (Å²) in [5, 5.41) is 3.73. The van der Waals surface area contributed by atoms with E-state index < -0.39 is 11.6 Å². The summed E-state index contributed by atoms with van der Waals surface area (Å²) in [6.07, 6.45) is 3.83. The number of hydrogen-bond acceptors (Lipinski definition) is 1. The molecule has 3 atom stereocenters. The summed E-state index contributed by atoms with van der Waals surface area (Å²) in [5.41, 5.74) is 0.710. The molecule has 3 unspecified atom stereocenters. The van der Waals surface area contributed by atoms with Gasteiger partial charge in [-0.15, -0.1) is 0 Å². The summed E-state index contributed by atoms with van der Waals surface area (Å²) in [6, 6.07) is 2.41. The van der Waals surface area contributed by atoms with E-state index in [1.54, 1.807) is 0 Å². The lowest BCUT2D eigenvalue weighted by Gasteiger charge is -2.21. The second-order valence-corrected chi connectivity index (χ2v) is 6.07. The van der Waals surface area contributed by atoms with Crippen LogP contribution in [0.25, 0.3) is 0 Å². The first-order chi connectivity index (χ1) is 9.13. The Balaban J connectivity index is 1.90. The maximum atomic E-state index is 13.5. The lowest BCUT2D eigenvalue weighted by atomic mass is 9.96. The number of benzene rings is 1. The molecule has 104 valence electrons. The van der Waals surface area contributed by atoms with Gasteiger partial charge in [-0.2, -0.15) is 0 Å². The lowest BCUT2D eigenvalue weighted by Crippen LogP contribution is -2.25. The molecule has 1 N–H and O–H groups in total. The van der Waals surface area contributed by atoms with Crippen molar-refractivity contribution in [1.29, 1.82) is 0 Å². The Morgan fingerprint density at radius 1 is 1.26 bits per heavy atom. The molecule has 2 fully saturated rings. The van der Waals surface area contributed by atoms with Crippen LogP contribution in [0, 0.1) is 29.4 Å². The SMILES string of the molecule is CCNC(c1cc(F)c(F)cc1Cl)C1C2CCCC21. The zero-order chi connectivity index (χ0) is 13.6. The first kappa shape index (κ1) is 13.3. The average molecular weight is 286 g/mol. The Hall–Kier alpha value is -0.670. The Morgan fingerprint density at radius 2 is 1.89 bits per heavy atom. The fraction of sp³-hybridized carbons (Fsp3) is 0.600. The molecule has 19 heavy (non-hydrogen) atoms. The van der Waals surface area contributed by atoms with Gasteiger partial charge in [0.2, 0.25) is 0 Å². The Labute approximate surface area is 117 Å². The van der Waals surface area contributed by atoms with Crippen molar-refractivity contribution in [3.8, 4) is 0 Å². The smallest absolute Gasteiger partial charge is 0.160 e. The highest BCUT2D eigenvalue weighted by Crippen LogP contribution is 2.62. The fourth-order valence-corrected chi connectivity index (χ4v) is 4.09. The van der Waals surface area contributed by atoms with Crippen LogP contribution in [-0.2, 0) is 0 Å². The molecule has 3 rings (SSSR count). The molecule has 0 saturated heterocycles. The van der Waals surface area contributed by atoms with Crippen LogP contribution in [0.4, 0.5) is 8.78 Å². The molecule has 2 saturated carbocycles. The standard InChI is InChI=1S/C15H18ClF2N/c1-2-19-15(14-8-4-3-5-9(8)14)10-6-12(17)13(18)7-11(10)16/h6-9,14-15,19H,2-5H2,1H3. The first-order valence-electron chi connectivity index (χ1n) is 7.01. The van der Waals surface area contributed by atoms with Gasteiger partial charge in [0.1, 0.15) is 0 Å². The van der Waals surface area contributed by atoms with Crippen molar-refractivity contribution in [3.05, 3.63) is 34.4 Å². The topological polar surface area (TPSA) is 12.0 Å². The normalized spacial score (nSPS) is 30.2. The molecule has 4 heteroatoms. The van der Waals surface area contributed by atoms with E-state index in [0.29, 0.717) is 16.5 Å². The second kappa shape index (κ2) is 5.02. The van der Waals surface area contributed by atoms with E-state index in [9.17, 15) is 8.78 Å². The zero-order valence-electron chi connectivity index (χ0n) is 10.9. The van der Waals surface area contributed by atoms with E-state index in [1.807, 2.05) is 6.92 Å². The van der Waals surface area contributed by atoms with E-state index in [-0.39, 0.29) is 6.04 Å². The van der Waals surface area contributed by atoms with Crippen LogP contribution in [0.1, 0.15) is 37.8 Å². The molecule has 2 aliphatic carbocycles. The van der Waals surface area contributed by atoms with Crippen molar-refractivity contribution in [2.45, 2.75) is 32.2 Å². The number of rotatable bonds is 4. The van der Waals surface area contributed by atoms with Gasteiger partial charge in [-0.1, -0.05) is 24.9 Å². The molecule has 0 heterocycles. The maximum absolute atomic E-state index is 13.5. The number of hydrogen-bond donors (Lipinski definition) is 1. The molecule has 0 radical (unpaired) electrons. The van der Waals surface area contributed by atoms with Crippen molar-refractivity contribution in [1.82, 2.24) is 5.32 Å². The van der Waals surface area contributed by atoms with E-state index >= 15 is 0 Å². The van der Waals surface area contributed by atoms with Gasteiger partial charge in [-0.3, -0.25) is 0 Å². The molecule has 0 aromatic heterocycles. The van der Waals surface area contributed by atoms with Crippen molar-refractivity contribution in [3.63, 3.8) is 0 Å². The molecule has 0 bridgehead atoms. The summed E-state index contributed by atoms with van der Waals surface area (Å²) in [7, 11) is 0. The summed E-state index contributed by atoms with van der Waals surface area (Å²) in [6.45, 7) is 2.83. The molecular weight excluding hydrogens is 268 g/mol. The van der Waals surface area contributed by atoms with Gasteiger partial charge in [-0.05, 0) is 54.8 Å². The minimum atomic E-state index is -0.875. The first-order valence-corrected chi connectivity index (χ1v) is 7.39. The van der Waals surface area contributed by atoms with E-state index in [4.69, 9.17) is 11.6 Å². The molecule has 0 amide bonds. The van der Waals surface area contributed by atoms with Crippen LogP contribution >= 0.6 is 11.6 Å². The molecule has 1 aromatic carbocycles. The quantitative estimate of drug-likeness (QED) is 0.813. The molecular formula is C15H18ClF2N. The van der Waals surface area contributed by atoms with E-state index in [1.165, 1.54) is 25.3 Å². The third-order valence-electron chi connectivity index (χ3n) is 4.66. The van der Waals surface area contributed by atoms with Crippen LogP contribution in [0.2, 0.25) is 5.02 Å². The molecule has 1 nitrogen and oxygen atoms in total. The number of nitrogens with one attached hydrogen (secondary N) is 1. The lowest BCUT2D eigenvalue weighted by molar-refractivity contribution is 0.421. The van der Waals surface area contributed by atoms with Gasteiger partial charge >= 0.3 is 0 Å². The van der Waals surface area contributed by atoms with Gasteiger partial charge in [-0.25, -0.2) is 8.78 Å². The summed E-state index contributed by atoms with van der Waals surface area (Å²) < 4.78 is 26.6. The Morgan fingerprint density at radius 3 is 2.53 bits per heavy atom. The highest BCUT2D eigenvalue weighted by Gasteiger charge is 2.56. The minimum absolute atomic E-state index is 0.0582. The predicted molar refractivity (Wildman–Crippen MR) is 72.1 cm³/mol. The van der Waals surface area contributed by atoms with Gasteiger partial charge in [0, 0.05) is 11.1 Å². The van der Waals surface area contributed by atoms with Crippen LogP contribution in [0.15, 0.2) is 12.1 Å². The van der Waals surface area contributed by atoms with E-state index in [2.05, 4.69) is 5.32 Å². The minimum Gasteiger partial charge on any atom is -0.310 e. The molecule has 2 aliphatic rings. The fourth-order valence-electron chi connectivity index (χ4n) is 3.82. The highest BCUT2D eigenvalue weighted by atomic mass is 35.5. The van der Waals surface area contributed by atoms with Crippen LogP contribution < -0.4 is 5.32 Å². The molecule has 1 aromatic rings. The maximum Gasteiger partial charge on any atom is 0.160 e. The second-order valence-electron chi connectivity index (χ2n) is 5.66. The third-order valence-corrected chi connectivity index (χ3v) is 4.98. The van der Waals surface area contributed by atoms with Crippen molar-refractivity contribution in [2.24, 2.45) is 17.8 Å². The molecule has 0 spiro atoms. The van der Waals surface area contributed by atoms with Gasteiger partial charge < -0.3 is 5.32 Å². The van der Waals surface area contributed by atoms with Gasteiger partial charge in [0.15, 0.2) is 11.6 Å². The average Bonchev–Trinajstić information content (AvgIpc) is 2.82. The largest absolute Gasteiger partial charge is 0.310 e. The Kier molecular flexibility index (Phi) is 3.52. The molecule has 0 aliphatic heterocycles. The Bertz CT molecular complexity index is 481. The monoisotopic (exact) mass is 285 g/mol. The van der Waals surface area contributed by atoms with E-state index in [0.717, 1.165) is 24.4 Å². The third kappa shape index (κ3) is 2.27. The van der Waals surface area contributed by atoms with Crippen LogP contribution in [0.3, 0.4) is 0 Å². The van der Waals surface area contributed by atoms with Crippen LogP contribution in [-0.4, -0.2) is 6.54 Å². The predicted octanol–water partition coefficient (Wildman–Crippen LogP) is 4.31. The summed E-state index contributed by atoms with van der Waals surface area (Å²) in [5.74, 6) is 0.339. The zero-order valence-corrected chi connectivity index (χ0v) is 11.7.